The van der Waals surface area contributed by atoms with Gasteiger partial charge < -0.3 is 9.64 Å². The summed E-state index contributed by atoms with van der Waals surface area (Å²) in [6.45, 7) is 11.3. The molecule has 0 saturated carbocycles. The maximum atomic E-state index is 12.4. The van der Waals surface area contributed by atoms with Crippen molar-refractivity contribution < 1.29 is 9.53 Å². The van der Waals surface area contributed by atoms with E-state index in [2.05, 4.69) is 45.7 Å². The number of anilines is 1. The quantitative estimate of drug-likeness (QED) is 0.757. The van der Waals surface area contributed by atoms with Gasteiger partial charge in [-0.1, -0.05) is 0 Å². The SMILES string of the molecule is CC1CN(c2cncc(Br)c2)CC(C)N1C(=O)OC(C)(C)C. The first-order valence-electron chi connectivity index (χ1n) is 7.54. The standard InChI is InChI=1S/C16H24BrN3O2/c1-11-9-19(14-6-13(17)7-18-8-14)10-12(2)20(11)15(21)22-16(3,4)5/h6-8,11-12H,9-10H2,1-5H3. The van der Waals surface area contributed by atoms with Crippen molar-refractivity contribution >= 4 is 27.7 Å². The van der Waals surface area contributed by atoms with E-state index >= 15 is 0 Å². The van der Waals surface area contributed by atoms with Gasteiger partial charge in [-0.05, 0) is 56.6 Å². The van der Waals surface area contributed by atoms with Crippen molar-refractivity contribution in [2.75, 3.05) is 18.0 Å². The molecule has 2 rings (SSSR count). The molecule has 1 fully saturated rings. The fourth-order valence-electron chi connectivity index (χ4n) is 2.78. The van der Waals surface area contributed by atoms with Gasteiger partial charge in [0.15, 0.2) is 0 Å². The second-order valence-electron chi connectivity index (χ2n) is 6.85. The highest BCUT2D eigenvalue weighted by Gasteiger charge is 2.35. The lowest BCUT2D eigenvalue weighted by molar-refractivity contribution is 0.00566. The van der Waals surface area contributed by atoms with Crippen LogP contribution in [-0.4, -0.2) is 46.8 Å². The van der Waals surface area contributed by atoms with Crippen LogP contribution in [0.1, 0.15) is 34.6 Å². The number of nitrogens with zero attached hydrogens (tertiary/aromatic N) is 3. The van der Waals surface area contributed by atoms with Crippen LogP contribution < -0.4 is 4.90 Å². The minimum Gasteiger partial charge on any atom is -0.444 e. The van der Waals surface area contributed by atoms with Crippen LogP contribution in [0.3, 0.4) is 0 Å². The van der Waals surface area contributed by atoms with E-state index in [0.29, 0.717) is 0 Å². The van der Waals surface area contributed by atoms with E-state index in [-0.39, 0.29) is 18.2 Å². The van der Waals surface area contributed by atoms with E-state index in [1.807, 2.05) is 31.9 Å². The number of hydrogen-bond acceptors (Lipinski definition) is 4. The summed E-state index contributed by atoms with van der Waals surface area (Å²) >= 11 is 3.45. The number of carbonyl (C=O) groups excluding carboxylic acids is 1. The summed E-state index contributed by atoms with van der Waals surface area (Å²) in [6, 6.07) is 2.21. The molecule has 6 heteroatoms. The number of piperazine rings is 1. The maximum absolute atomic E-state index is 12.4. The number of hydrogen-bond donors (Lipinski definition) is 0. The van der Waals surface area contributed by atoms with Crippen LogP contribution in [0.4, 0.5) is 10.5 Å². The van der Waals surface area contributed by atoms with Crippen molar-refractivity contribution in [2.45, 2.75) is 52.3 Å². The fraction of sp³-hybridized carbons (Fsp3) is 0.625. The largest absolute Gasteiger partial charge is 0.444 e. The van der Waals surface area contributed by atoms with Crippen molar-refractivity contribution in [1.29, 1.82) is 0 Å². The topological polar surface area (TPSA) is 45.7 Å². The molecular formula is C16H24BrN3O2. The Bertz CT molecular complexity index is 532. The highest BCUT2D eigenvalue weighted by atomic mass is 79.9. The van der Waals surface area contributed by atoms with Crippen molar-refractivity contribution in [3.63, 3.8) is 0 Å². The molecule has 1 saturated heterocycles. The molecule has 1 aromatic heterocycles. The van der Waals surface area contributed by atoms with E-state index in [4.69, 9.17) is 4.74 Å². The molecule has 22 heavy (non-hydrogen) atoms. The van der Waals surface area contributed by atoms with Crippen molar-refractivity contribution in [3.8, 4) is 0 Å². The number of halogens is 1. The van der Waals surface area contributed by atoms with Gasteiger partial charge in [-0.15, -0.1) is 0 Å². The maximum Gasteiger partial charge on any atom is 0.410 e. The van der Waals surface area contributed by atoms with Crippen molar-refractivity contribution in [1.82, 2.24) is 9.88 Å². The molecule has 2 atom stereocenters. The Labute approximate surface area is 140 Å². The summed E-state index contributed by atoms with van der Waals surface area (Å²) in [5.41, 5.74) is 0.596. The van der Waals surface area contributed by atoms with Crippen LogP contribution >= 0.6 is 15.9 Å². The van der Waals surface area contributed by atoms with Gasteiger partial charge in [-0.3, -0.25) is 9.88 Å². The van der Waals surface area contributed by atoms with Gasteiger partial charge in [0.2, 0.25) is 0 Å². The van der Waals surface area contributed by atoms with Gasteiger partial charge >= 0.3 is 6.09 Å². The predicted molar refractivity (Wildman–Crippen MR) is 91.1 cm³/mol. The third-order valence-corrected chi connectivity index (χ3v) is 4.01. The summed E-state index contributed by atoms with van der Waals surface area (Å²) < 4.78 is 6.48. The lowest BCUT2D eigenvalue weighted by Crippen LogP contribution is -2.59. The van der Waals surface area contributed by atoms with E-state index in [0.717, 1.165) is 23.2 Å². The average molecular weight is 370 g/mol. The molecule has 0 aliphatic carbocycles. The third-order valence-electron chi connectivity index (χ3n) is 3.58. The van der Waals surface area contributed by atoms with E-state index in [1.54, 1.807) is 6.20 Å². The Morgan fingerprint density at radius 1 is 1.27 bits per heavy atom. The van der Waals surface area contributed by atoms with E-state index < -0.39 is 5.60 Å². The number of aromatic nitrogens is 1. The number of pyridine rings is 1. The molecule has 2 heterocycles. The average Bonchev–Trinajstić information content (AvgIpc) is 2.35. The predicted octanol–water partition coefficient (Wildman–Crippen LogP) is 3.68. The summed E-state index contributed by atoms with van der Waals surface area (Å²) in [7, 11) is 0. The molecule has 0 bridgehead atoms. The Kier molecular flexibility index (Phi) is 5.00. The smallest absolute Gasteiger partial charge is 0.410 e. The van der Waals surface area contributed by atoms with E-state index in [9.17, 15) is 4.79 Å². The second-order valence-corrected chi connectivity index (χ2v) is 7.77. The summed E-state index contributed by atoms with van der Waals surface area (Å²) in [5.74, 6) is 0. The fourth-order valence-corrected chi connectivity index (χ4v) is 3.13. The third kappa shape index (κ3) is 4.12. The molecule has 1 aliphatic heterocycles. The van der Waals surface area contributed by atoms with Gasteiger partial charge in [0, 0.05) is 23.8 Å². The number of carbonyl (C=O) groups is 1. The lowest BCUT2D eigenvalue weighted by atomic mass is 10.1. The first-order valence-corrected chi connectivity index (χ1v) is 8.33. The lowest BCUT2D eigenvalue weighted by Gasteiger charge is -2.45. The molecule has 0 aromatic carbocycles. The number of rotatable bonds is 1. The summed E-state index contributed by atoms with van der Waals surface area (Å²) in [6.07, 6.45) is 3.39. The van der Waals surface area contributed by atoms with Gasteiger partial charge in [-0.2, -0.15) is 0 Å². The van der Waals surface area contributed by atoms with Gasteiger partial charge in [0.1, 0.15) is 5.60 Å². The van der Waals surface area contributed by atoms with Gasteiger partial charge in [0.25, 0.3) is 0 Å². The van der Waals surface area contributed by atoms with Crippen LogP contribution in [0.25, 0.3) is 0 Å². The Morgan fingerprint density at radius 2 is 1.86 bits per heavy atom. The Hall–Kier alpha value is -1.30. The second kappa shape index (κ2) is 6.44. The van der Waals surface area contributed by atoms with Gasteiger partial charge in [-0.25, -0.2) is 4.79 Å². The first-order chi connectivity index (χ1) is 10.2. The van der Waals surface area contributed by atoms with Crippen LogP contribution in [0, 0.1) is 0 Å². The molecular weight excluding hydrogens is 346 g/mol. The molecule has 1 aromatic rings. The van der Waals surface area contributed by atoms with Crippen molar-refractivity contribution in [2.24, 2.45) is 0 Å². The normalized spacial score (nSPS) is 22.6. The number of ether oxygens (including phenoxy) is 1. The van der Waals surface area contributed by atoms with Crippen LogP contribution in [0.2, 0.25) is 0 Å². The Morgan fingerprint density at radius 3 is 2.36 bits per heavy atom. The molecule has 0 radical (unpaired) electrons. The van der Waals surface area contributed by atoms with Crippen LogP contribution in [-0.2, 0) is 4.74 Å². The molecule has 0 spiro atoms. The highest BCUT2D eigenvalue weighted by Crippen LogP contribution is 2.25. The molecule has 122 valence electrons. The Balaban J connectivity index is 2.10. The van der Waals surface area contributed by atoms with Crippen LogP contribution in [0.5, 0.6) is 0 Å². The van der Waals surface area contributed by atoms with Crippen molar-refractivity contribution in [3.05, 3.63) is 22.9 Å². The zero-order chi connectivity index (χ0) is 16.5. The zero-order valence-electron chi connectivity index (χ0n) is 13.8. The van der Waals surface area contributed by atoms with Gasteiger partial charge in [0.05, 0.1) is 24.0 Å². The summed E-state index contributed by atoms with van der Waals surface area (Å²) in [4.78, 5) is 20.7. The minimum absolute atomic E-state index is 0.0811. The zero-order valence-corrected chi connectivity index (χ0v) is 15.4. The molecule has 5 nitrogen and oxygen atoms in total. The van der Waals surface area contributed by atoms with E-state index in [1.165, 1.54) is 0 Å². The summed E-state index contributed by atoms with van der Waals surface area (Å²) in [5, 5.41) is 0. The highest BCUT2D eigenvalue weighted by molar-refractivity contribution is 9.10. The number of amides is 1. The molecule has 0 N–H and O–H groups in total. The monoisotopic (exact) mass is 369 g/mol. The molecule has 2 unspecified atom stereocenters. The van der Waals surface area contributed by atoms with Crippen LogP contribution in [0.15, 0.2) is 22.9 Å². The first kappa shape index (κ1) is 17.1. The molecule has 1 amide bonds. The minimum atomic E-state index is -0.470. The molecule has 1 aliphatic rings.